The lowest BCUT2D eigenvalue weighted by Gasteiger charge is -2.26. The highest BCUT2D eigenvalue weighted by atomic mass is 16.5. The molecule has 0 N–H and O–H groups in total. The molecule has 0 bridgehead atoms. The zero-order valence-corrected chi connectivity index (χ0v) is 10.3. The summed E-state index contributed by atoms with van der Waals surface area (Å²) in [5, 5.41) is 0. The minimum Gasteiger partial charge on any atom is -0.490 e. The van der Waals surface area contributed by atoms with Gasteiger partial charge in [0.05, 0.1) is 12.7 Å². The van der Waals surface area contributed by atoms with Gasteiger partial charge in [0.25, 0.3) is 5.78 Å². The molecule has 0 aliphatic heterocycles. The van der Waals surface area contributed by atoms with Crippen LogP contribution in [-0.2, 0) is 9.53 Å². The standard InChI is InChI=1S/C14H16O4/c1-2-17-14(16)13(15)10-5-3-8-12(9-10)18-11-6-4-7-11/h3,5,8-9,11H,2,4,6-7H2,1H3. The molecule has 1 fully saturated rings. The summed E-state index contributed by atoms with van der Waals surface area (Å²) in [6, 6.07) is 6.69. The summed E-state index contributed by atoms with van der Waals surface area (Å²) in [5.41, 5.74) is 0.310. The Morgan fingerprint density at radius 2 is 2.11 bits per heavy atom. The molecule has 4 heteroatoms. The molecule has 2 rings (SSSR count). The molecule has 1 aromatic carbocycles. The zero-order valence-electron chi connectivity index (χ0n) is 10.3. The Hall–Kier alpha value is -1.84. The second-order valence-electron chi connectivity index (χ2n) is 4.25. The Kier molecular flexibility index (Phi) is 3.97. The fourth-order valence-electron chi connectivity index (χ4n) is 1.71. The predicted molar refractivity (Wildman–Crippen MR) is 65.7 cm³/mol. The van der Waals surface area contributed by atoms with Crippen molar-refractivity contribution in [2.75, 3.05) is 6.61 Å². The number of benzene rings is 1. The van der Waals surface area contributed by atoms with Gasteiger partial charge in [-0.05, 0) is 38.3 Å². The van der Waals surface area contributed by atoms with Gasteiger partial charge >= 0.3 is 5.97 Å². The van der Waals surface area contributed by atoms with Crippen molar-refractivity contribution in [2.45, 2.75) is 32.3 Å². The number of Topliss-reactive ketones (excluding diaryl/α,β-unsaturated/α-hetero) is 1. The van der Waals surface area contributed by atoms with Crippen LogP contribution in [-0.4, -0.2) is 24.5 Å². The number of carbonyl (C=O) groups is 2. The number of esters is 1. The Morgan fingerprint density at radius 1 is 1.33 bits per heavy atom. The van der Waals surface area contributed by atoms with Crippen LogP contribution in [0.3, 0.4) is 0 Å². The molecule has 18 heavy (non-hydrogen) atoms. The first-order valence-electron chi connectivity index (χ1n) is 6.19. The lowest BCUT2D eigenvalue weighted by Crippen LogP contribution is -2.24. The molecule has 1 aliphatic carbocycles. The van der Waals surface area contributed by atoms with Crippen molar-refractivity contribution >= 4 is 11.8 Å². The van der Waals surface area contributed by atoms with Crippen LogP contribution in [0.2, 0.25) is 0 Å². The largest absolute Gasteiger partial charge is 0.490 e. The summed E-state index contributed by atoms with van der Waals surface area (Å²) in [5.74, 6) is -0.816. The fourth-order valence-corrected chi connectivity index (χ4v) is 1.71. The van der Waals surface area contributed by atoms with E-state index in [1.807, 2.05) is 0 Å². The predicted octanol–water partition coefficient (Wildman–Crippen LogP) is 2.36. The molecule has 1 saturated carbocycles. The van der Waals surface area contributed by atoms with E-state index in [2.05, 4.69) is 4.74 Å². The van der Waals surface area contributed by atoms with Crippen LogP contribution < -0.4 is 4.74 Å². The topological polar surface area (TPSA) is 52.6 Å². The molecule has 1 aromatic rings. The molecular weight excluding hydrogens is 232 g/mol. The molecule has 4 nitrogen and oxygen atoms in total. The van der Waals surface area contributed by atoms with E-state index in [-0.39, 0.29) is 12.7 Å². The normalized spacial score (nSPS) is 14.7. The summed E-state index contributed by atoms with van der Waals surface area (Å²) < 4.78 is 10.4. The molecule has 1 aliphatic rings. The number of ketones is 1. The number of hydrogen-bond donors (Lipinski definition) is 0. The van der Waals surface area contributed by atoms with Crippen LogP contribution in [0.1, 0.15) is 36.5 Å². The molecule has 0 spiro atoms. The molecule has 0 amide bonds. The Morgan fingerprint density at radius 3 is 2.72 bits per heavy atom. The van der Waals surface area contributed by atoms with Gasteiger partial charge in [-0.15, -0.1) is 0 Å². The van der Waals surface area contributed by atoms with Crippen LogP contribution in [0.4, 0.5) is 0 Å². The van der Waals surface area contributed by atoms with Gasteiger partial charge in [0.1, 0.15) is 5.75 Å². The third kappa shape index (κ3) is 2.88. The van der Waals surface area contributed by atoms with Gasteiger partial charge in [0.15, 0.2) is 0 Å². The summed E-state index contributed by atoms with van der Waals surface area (Å²) in [7, 11) is 0. The van der Waals surface area contributed by atoms with Crippen molar-refractivity contribution in [2.24, 2.45) is 0 Å². The average molecular weight is 248 g/mol. The van der Waals surface area contributed by atoms with Crippen molar-refractivity contribution in [3.05, 3.63) is 29.8 Å². The smallest absolute Gasteiger partial charge is 0.379 e. The molecule has 0 aromatic heterocycles. The highest BCUT2D eigenvalue weighted by Crippen LogP contribution is 2.25. The fraction of sp³-hybridized carbons (Fsp3) is 0.429. The van der Waals surface area contributed by atoms with Crippen molar-refractivity contribution in [3.8, 4) is 5.75 Å². The quantitative estimate of drug-likeness (QED) is 0.456. The van der Waals surface area contributed by atoms with Gasteiger partial charge in [-0.25, -0.2) is 4.79 Å². The monoisotopic (exact) mass is 248 g/mol. The molecule has 0 radical (unpaired) electrons. The Balaban J connectivity index is 2.05. The summed E-state index contributed by atoms with van der Waals surface area (Å²) >= 11 is 0. The Labute approximate surface area is 106 Å². The van der Waals surface area contributed by atoms with E-state index in [1.165, 1.54) is 6.42 Å². The SMILES string of the molecule is CCOC(=O)C(=O)c1cccc(OC2CCC2)c1. The summed E-state index contributed by atoms with van der Waals surface area (Å²) in [4.78, 5) is 23.1. The van der Waals surface area contributed by atoms with Crippen molar-refractivity contribution in [3.63, 3.8) is 0 Å². The van der Waals surface area contributed by atoms with Gasteiger partial charge in [-0.2, -0.15) is 0 Å². The first-order valence-corrected chi connectivity index (χ1v) is 6.19. The van der Waals surface area contributed by atoms with Crippen LogP contribution in [0, 0.1) is 0 Å². The van der Waals surface area contributed by atoms with Gasteiger partial charge in [-0.3, -0.25) is 4.79 Å². The second-order valence-corrected chi connectivity index (χ2v) is 4.25. The molecule has 0 saturated heterocycles. The van der Waals surface area contributed by atoms with Crippen LogP contribution >= 0.6 is 0 Å². The lowest BCUT2D eigenvalue weighted by molar-refractivity contribution is -0.137. The van der Waals surface area contributed by atoms with Crippen LogP contribution in [0.5, 0.6) is 5.75 Å². The van der Waals surface area contributed by atoms with E-state index in [0.29, 0.717) is 11.3 Å². The van der Waals surface area contributed by atoms with Crippen molar-refractivity contribution in [1.82, 2.24) is 0 Å². The molecule has 0 heterocycles. The van der Waals surface area contributed by atoms with Gasteiger partial charge in [0, 0.05) is 5.56 Å². The van der Waals surface area contributed by atoms with E-state index in [4.69, 9.17) is 4.74 Å². The third-order valence-electron chi connectivity index (χ3n) is 2.91. The number of carbonyl (C=O) groups excluding carboxylic acids is 2. The summed E-state index contributed by atoms with van der Waals surface area (Å²) in [6.45, 7) is 1.87. The number of hydrogen-bond acceptors (Lipinski definition) is 4. The van der Waals surface area contributed by atoms with Crippen LogP contribution in [0.15, 0.2) is 24.3 Å². The van der Waals surface area contributed by atoms with E-state index in [1.54, 1.807) is 31.2 Å². The Bertz CT molecular complexity index is 449. The average Bonchev–Trinajstić information content (AvgIpc) is 2.34. The first-order chi connectivity index (χ1) is 8.70. The molecule has 0 unspecified atom stereocenters. The summed E-state index contributed by atoms with van der Waals surface area (Å²) in [6.07, 6.45) is 3.54. The maximum atomic E-state index is 11.7. The van der Waals surface area contributed by atoms with E-state index >= 15 is 0 Å². The minimum absolute atomic E-state index is 0.197. The first kappa shape index (κ1) is 12.6. The van der Waals surface area contributed by atoms with E-state index < -0.39 is 11.8 Å². The van der Waals surface area contributed by atoms with Crippen LogP contribution in [0.25, 0.3) is 0 Å². The minimum atomic E-state index is -0.821. The van der Waals surface area contributed by atoms with Crippen molar-refractivity contribution < 1.29 is 19.1 Å². The second kappa shape index (κ2) is 5.67. The lowest BCUT2D eigenvalue weighted by atomic mass is 9.96. The van der Waals surface area contributed by atoms with Crippen molar-refractivity contribution in [1.29, 1.82) is 0 Å². The molecule has 0 atom stereocenters. The van der Waals surface area contributed by atoms with E-state index in [9.17, 15) is 9.59 Å². The number of rotatable bonds is 5. The maximum Gasteiger partial charge on any atom is 0.379 e. The number of ether oxygens (including phenoxy) is 2. The third-order valence-corrected chi connectivity index (χ3v) is 2.91. The molecule has 96 valence electrons. The maximum absolute atomic E-state index is 11.7. The van der Waals surface area contributed by atoms with Gasteiger partial charge in [-0.1, -0.05) is 12.1 Å². The highest BCUT2D eigenvalue weighted by Gasteiger charge is 2.21. The van der Waals surface area contributed by atoms with Gasteiger partial charge < -0.3 is 9.47 Å². The molecular formula is C14H16O4. The van der Waals surface area contributed by atoms with Gasteiger partial charge in [0.2, 0.25) is 0 Å². The zero-order chi connectivity index (χ0) is 13.0. The van der Waals surface area contributed by atoms with E-state index in [0.717, 1.165) is 12.8 Å². The highest BCUT2D eigenvalue weighted by molar-refractivity contribution is 6.40.